The van der Waals surface area contributed by atoms with E-state index in [1.165, 1.54) is 25.1 Å². The molecule has 2 rings (SSSR count). The van der Waals surface area contributed by atoms with Gasteiger partial charge >= 0.3 is 5.97 Å². The van der Waals surface area contributed by atoms with Gasteiger partial charge < -0.3 is 15.8 Å². The number of anilines is 2. The van der Waals surface area contributed by atoms with Gasteiger partial charge in [0.1, 0.15) is 17.3 Å². The highest BCUT2D eigenvalue weighted by molar-refractivity contribution is 6.33. The quantitative estimate of drug-likeness (QED) is 0.651. The number of ether oxygens (including phenoxy) is 1. The summed E-state index contributed by atoms with van der Waals surface area (Å²) in [6, 6.07) is 7.23. The van der Waals surface area contributed by atoms with Crippen molar-refractivity contribution in [2.75, 3.05) is 11.1 Å². The molecule has 0 aliphatic heterocycles. The Morgan fingerprint density at radius 2 is 1.83 bits per heavy atom. The lowest BCUT2D eigenvalue weighted by molar-refractivity contribution is -0.123. The molecular formula is C16H13ClF2N2O3. The fourth-order valence-corrected chi connectivity index (χ4v) is 1.91. The highest BCUT2D eigenvalue weighted by Crippen LogP contribution is 2.21. The van der Waals surface area contributed by atoms with E-state index in [2.05, 4.69) is 0 Å². The molecular weight excluding hydrogens is 342 g/mol. The van der Waals surface area contributed by atoms with Crippen molar-refractivity contribution in [1.29, 1.82) is 0 Å². The third kappa shape index (κ3) is 3.99. The van der Waals surface area contributed by atoms with E-state index in [0.717, 1.165) is 18.2 Å². The minimum absolute atomic E-state index is 0.0913. The van der Waals surface area contributed by atoms with Crippen molar-refractivity contribution in [2.45, 2.75) is 13.0 Å². The summed E-state index contributed by atoms with van der Waals surface area (Å²) in [6.45, 7) is 1.27. The first-order valence-corrected chi connectivity index (χ1v) is 7.18. The van der Waals surface area contributed by atoms with Crippen LogP contribution in [0, 0.1) is 11.6 Å². The van der Waals surface area contributed by atoms with Gasteiger partial charge in [-0.3, -0.25) is 4.79 Å². The predicted octanol–water partition coefficient (Wildman–Crippen LogP) is 3.38. The SMILES string of the molecule is CC(OC(=O)c1ccc(Cl)c(N)c1)C(=O)Nc1c(F)cccc1F. The van der Waals surface area contributed by atoms with Crippen LogP contribution in [-0.2, 0) is 9.53 Å². The van der Waals surface area contributed by atoms with Crippen molar-refractivity contribution in [3.8, 4) is 0 Å². The summed E-state index contributed by atoms with van der Waals surface area (Å²) >= 11 is 5.75. The van der Waals surface area contributed by atoms with Crippen molar-refractivity contribution in [3.05, 3.63) is 58.6 Å². The second-order valence-electron chi connectivity index (χ2n) is 4.87. The molecule has 2 aromatic rings. The lowest BCUT2D eigenvalue weighted by Crippen LogP contribution is -2.30. The average Bonchev–Trinajstić information content (AvgIpc) is 2.53. The highest BCUT2D eigenvalue weighted by atomic mass is 35.5. The lowest BCUT2D eigenvalue weighted by atomic mass is 10.2. The highest BCUT2D eigenvalue weighted by Gasteiger charge is 2.21. The summed E-state index contributed by atoms with van der Waals surface area (Å²) in [5, 5.41) is 2.31. The van der Waals surface area contributed by atoms with E-state index in [9.17, 15) is 18.4 Å². The summed E-state index contributed by atoms with van der Waals surface area (Å²) in [5.41, 5.74) is 5.24. The summed E-state index contributed by atoms with van der Waals surface area (Å²) in [4.78, 5) is 23.9. The van der Waals surface area contributed by atoms with Gasteiger partial charge in [0.2, 0.25) is 0 Å². The van der Waals surface area contributed by atoms with Crippen LogP contribution in [0.2, 0.25) is 5.02 Å². The normalized spacial score (nSPS) is 11.7. The molecule has 0 saturated heterocycles. The molecule has 3 N–H and O–H groups in total. The molecule has 24 heavy (non-hydrogen) atoms. The first-order valence-electron chi connectivity index (χ1n) is 6.80. The molecule has 0 fully saturated rings. The smallest absolute Gasteiger partial charge is 0.338 e. The van der Waals surface area contributed by atoms with Crippen LogP contribution < -0.4 is 11.1 Å². The van der Waals surface area contributed by atoms with Crippen LogP contribution in [0.4, 0.5) is 20.2 Å². The van der Waals surface area contributed by atoms with Crippen LogP contribution >= 0.6 is 11.6 Å². The Hall–Kier alpha value is -2.67. The van der Waals surface area contributed by atoms with E-state index in [4.69, 9.17) is 22.1 Å². The van der Waals surface area contributed by atoms with Crippen LogP contribution in [-0.4, -0.2) is 18.0 Å². The Bertz CT molecular complexity index is 779. The van der Waals surface area contributed by atoms with Gasteiger partial charge in [-0.1, -0.05) is 17.7 Å². The van der Waals surface area contributed by atoms with Crippen LogP contribution in [0.1, 0.15) is 17.3 Å². The third-order valence-electron chi connectivity index (χ3n) is 3.10. The molecule has 0 aromatic heterocycles. The van der Waals surface area contributed by atoms with Gasteiger partial charge in [-0.05, 0) is 37.3 Å². The van der Waals surface area contributed by atoms with Gasteiger partial charge in [-0.15, -0.1) is 0 Å². The molecule has 8 heteroatoms. The topological polar surface area (TPSA) is 81.4 Å². The predicted molar refractivity (Wildman–Crippen MR) is 85.7 cm³/mol. The maximum absolute atomic E-state index is 13.5. The number of hydrogen-bond acceptors (Lipinski definition) is 4. The first-order chi connectivity index (χ1) is 11.3. The van der Waals surface area contributed by atoms with Gasteiger partial charge in [-0.2, -0.15) is 0 Å². The molecule has 1 atom stereocenters. The number of esters is 1. The monoisotopic (exact) mass is 354 g/mol. The number of nitrogens with one attached hydrogen (secondary N) is 1. The maximum Gasteiger partial charge on any atom is 0.338 e. The average molecular weight is 355 g/mol. The zero-order valence-electron chi connectivity index (χ0n) is 12.5. The standard InChI is InChI=1S/C16H13ClF2N2O3/c1-8(15(22)21-14-11(18)3-2-4-12(14)19)24-16(23)9-5-6-10(17)13(20)7-9/h2-8H,20H2,1H3,(H,21,22). The lowest BCUT2D eigenvalue weighted by Gasteiger charge is -2.14. The second kappa shape index (κ2) is 7.27. The van der Waals surface area contributed by atoms with Crippen molar-refractivity contribution >= 4 is 34.9 Å². The fourth-order valence-electron chi connectivity index (χ4n) is 1.79. The molecule has 1 unspecified atom stereocenters. The molecule has 1 amide bonds. The molecule has 0 aliphatic rings. The number of hydrogen-bond donors (Lipinski definition) is 2. The van der Waals surface area contributed by atoms with Gasteiger partial charge in [0.25, 0.3) is 5.91 Å². The number of nitrogens with two attached hydrogens (primary N) is 1. The first kappa shape index (κ1) is 17.7. The maximum atomic E-state index is 13.5. The van der Waals surface area contributed by atoms with Crippen LogP contribution in [0.3, 0.4) is 0 Å². The van der Waals surface area contributed by atoms with Crippen LogP contribution in [0.25, 0.3) is 0 Å². The number of nitrogen functional groups attached to an aromatic ring is 1. The van der Waals surface area contributed by atoms with E-state index in [0.29, 0.717) is 0 Å². The molecule has 0 radical (unpaired) electrons. The van der Waals surface area contributed by atoms with E-state index >= 15 is 0 Å². The van der Waals surface area contributed by atoms with Crippen LogP contribution in [0.5, 0.6) is 0 Å². The number of halogens is 3. The molecule has 126 valence electrons. The van der Waals surface area contributed by atoms with Gasteiger partial charge in [0.05, 0.1) is 16.3 Å². The molecule has 0 heterocycles. The van der Waals surface area contributed by atoms with Crippen molar-refractivity contribution in [1.82, 2.24) is 0 Å². The third-order valence-corrected chi connectivity index (χ3v) is 3.44. The Labute approximate surface area is 141 Å². The number of benzene rings is 2. The largest absolute Gasteiger partial charge is 0.449 e. The van der Waals surface area contributed by atoms with Gasteiger partial charge in [0, 0.05) is 0 Å². The Morgan fingerprint density at radius 1 is 1.21 bits per heavy atom. The van der Waals surface area contributed by atoms with Gasteiger partial charge in [-0.25, -0.2) is 13.6 Å². The van der Waals surface area contributed by atoms with E-state index in [1.807, 2.05) is 5.32 Å². The zero-order chi connectivity index (χ0) is 17.9. The minimum Gasteiger partial charge on any atom is -0.449 e. The van der Waals surface area contributed by atoms with E-state index in [-0.39, 0.29) is 16.3 Å². The number of carbonyl (C=O) groups excluding carboxylic acids is 2. The van der Waals surface area contributed by atoms with E-state index < -0.39 is 35.3 Å². The van der Waals surface area contributed by atoms with Crippen molar-refractivity contribution in [3.63, 3.8) is 0 Å². The molecule has 5 nitrogen and oxygen atoms in total. The van der Waals surface area contributed by atoms with Gasteiger partial charge in [0.15, 0.2) is 6.10 Å². The van der Waals surface area contributed by atoms with E-state index in [1.54, 1.807) is 0 Å². The molecule has 2 aromatic carbocycles. The summed E-state index contributed by atoms with van der Waals surface area (Å²) in [5.74, 6) is -3.58. The minimum atomic E-state index is -1.28. The van der Waals surface area contributed by atoms with Crippen LogP contribution in [0.15, 0.2) is 36.4 Å². The van der Waals surface area contributed by atoms with Crippen molar-refractivity contribution < 1.29 is 23.1 Å². The Morgan fingerprint density at radius 3 is 2.42 bits per heavy atom. The molecule has 0 bridgehead atoms. The zero-order valence-corrected chi connectivity index (χ0v) is 13.2. The summed E-state index contributed by atoms with van der Waals surface area (Å²) < 4.78 is 31.9. The van der Waals surface area contributed by atoms with Crippen molar-refractivity contribution in [2.24, 2.45) is 0 Å². The summed E-state index contributed by atoms with van der Waals surface area (Å²) in [6.07, 6.45) is -1.28. The molecule has 0 saturated carbocycles. The second-order valence-corrected chi connectivity index (χ2v) is 5.28. The Balaban J connectivity index is 2.05. The number of para-hydroxylation sites is 1. The number of rotatable bonds is 4. The summed E-state index contributed by atoms with van der Waals surface area (Å²) in [7, 11) is 0. The Kier molecular flexibility index (Phi) is 5.35. The number of amides is 1. The molecule has 0 spiro atoms. The fraction of sp³-hybridized carbons (Fsp3) is 0.125. The number of carbonyl (C=O) groups is 2. The molecule has 0 aliphatic carbocycles.